The first-order valence-electron chi connectivity index (χ1n) is 6.91. The number of carbonyl (C=O) groups is 2. The molecule has 5 nitrogen and oxygen atoms in total. The predicted octanol–water partition coefficient (Wildman–Crippen LogP) is 3.13. The van der Waals surface area contributed by atoms with Gasteiger partial charge >= 0.3 is 5.97 Å². The number of rotatable bonds is 5. The van der Waals surface area contributed by atoms with Gasteiger partial charge in [-0.1, -0.05) is 12.1 Å². The molecule has 116 valence electrons. The van der Waals surface area contributed by atoms with Crippen LogP contribution in [-0.2, 0) is 16.0 Å². The lowest BCUT2D eigenvalue weighted by Crippen LogP contribution is -2.19. The van der Waals surface area contributed by atoms with Gasteiger partial charge in [-0.15, -0.1) is 11.3 Å². The number of carboxylic acids is 1. The number of hydrogen-bond donors (Lipinski definition) is 2. The first-order chi connectivity index (χ1) is 10.4. The van der Waals surface area contributed by atoms with Crippen molar-refractivity contribution in [2.24, 2.45) is 0 Å². The second-order valence-corrected chi connectivity index (χ2v) is 6.17. The molecular formula is C16H18N2O3S. The lowest BCUT2D eigenvalue weighted by molar-refractivity contribution is -0.136. The van der Waals surface area contributed by atoms with Crippen molar-refractivity contribution in [1.29, 1.82) is 0 Å². The molecular weight excluding hydrogens is 300 g/mol. The summed E-state index contributed by atoms with van der Waals surface area (Å²) in [5, 5.41) is 14.0. The minimum Gasteiger partial charge on any atom is -0.481 e. The fourth-order valence-electron chi connectivity index (χ4n) is 1.98. The van der Waals surface area contributed by atoms with Crippen molar-refractivity contribution in [1.82, 2.24) is 4.98 Å². The number of nitrogens with one attached hydrogen (secondary N) is 1. The molecule has 0 fully saturated rings. The molecule has 0 saturated heterocycles. The first-order valence-corrected chi connectivity index (χ1v) is 7.79. The maximum Gasteiger partial charge on any atom is 0.309 e. The van der Waals surface area contributed by atoms with Gasteiger partial charge in [-0.25, -0.2) is 4.98 Å². The van der Waals surface area contributed by atoms with Crippen molar-refractivity contribution in [3.8, 4) is 0 Å². The lowest BCUT2D eigenvalue weighted by atomic mass is 10.1. The molecule has 1 aromatic carbocycles. The average Bonchev–Trinajstić information content (AvgIpc) is 2.89. The second-order valence-electron chi connectivity index (χ2n) is 5.28. The monoisotopic (exact) mass is 318 g/mol. The first kappa shape index (κ1) is 16.2. The Morgan fingerprint density at radius 1 is 1.36 bits per heavy atom. The van der Waals surface area contributed by atoms with Gasteiger partial charge in [0.15, 0.2) is 0 Å². The normalized spacial score (nSPS) is 12.0. The van der Waals surface area contributed by atoms with E-state index in [-0.39, 0.29) is 12.3 Å². The van der Waals surface area contributed by atoms with E-state index in [4.69, 9.17) is 5.11 Å². The molecule has 2 rings (SSSR count). The van der Waals surface area contributed by atoms with Crippen molar-refractivity contribution in [2.75, 3.05) is 5.32 Å². The van der Waals surface area contributed by atoms with Gasteiger partial charge in [-0.05, 0) is 38.0 Å². The Hall–Kier alpha value is -2.21. The van der Waals surface area contributed by atoms with Gasteiger partial charge in [0.05, 0.1) is 18.0 Å². The van der Waals surface area contributed by atoms with Crippen molar-refractivity contribution >= 4 is 28.9 Å². The number of hydrogen-bond acceptors (Lipinski definition) is 4. The Kier molecular flexibility index (Phi) is 4.92. The summed E-state index contributed by atoms with van der Waals surface area (Å²) in [6.45, 7) is 5.68. The summed E-state index contributed by atoms with van der Waals surface area (Å²) < 4.78 is 0. The van der Waals surface area contributed by atoms with Crippen molar-refractivity contribution in [3.05, 3.63) is 45.4 Å². The maximum absolute atomic E-state index is 12.3. The van der Waals surface area contributed by atoms with E-state index in [0.717, 1.165) is 16.8 Å². The number of carbonyl (C=O) groups excluding carboxylic acids is 1. The summed E-state index contributed by atoms with van der Waals surface area (Å²) in [6, 6.07) is 5.88. The van der Waals surface area contributed by atoms with Crippen LogP contribution in [0.5, 0.6) is 0 Å². The molecule has 1 aromatic heterocycles. The Balaban J connectivity index is 2.10. The quantitative estimate of drug-likeness (QED) is 0.887. The van der Waals surface area contributed by atoms with E-state index >= 15 is 0 Å². The molecule has 6 heteroatoms. The van der Waals surface area contributed by atoms with Crippen LogP contribution < -0.4 is 5.32 Å². The Labute approximate surface area is 133 Å². The molecule has 0 aliphatic heterocycles. The fraction of sp³-hybridized carbons (Fsp3) is 0.312. The molecule has 0 aliphatic carbocycles. The van der Waals surface area contributed by atoms with Gasteiger partial charge in [0.2, 0.25) is 5.91 Å². The number of anilines is 1. The average molecular weight is 318 g/mol. The van der Waals surface area contributed by atoms with Crippen molar-refractivity contribution in [3.63, 3.8) is 0 Å². The molecule has 0 unspecified atom stereocenters. The van der Waals surface area contributed by atoms with E-state index < -0.39 is 11.9 Å². The van der Waals surface area contributed by atoms with Crippen LogP contribution in [0, 0.1) is 13.8 Å². The number of aromatic nitrogens is 1. The SMILES string of the molecule is Cc1ccc(C)c(NC(=O)[C@H](C)c2nc(CC(=O)O)cs2)c1. The highest BCUT2D eigenvalue weighted by Gasteiger charge is 2.20. The Bertz CT molecular complexity index is 709. The molecule has 0 bridgehead atoms. The zero-order valence-corrected chi connectivity index (χ0v) is 13.5. The van der Waals surface area contributed by atoms with Crippen molar-refractivity contribution < 1.29 is 14.7 Å². The summed E-state index contributed by atoms with van der Waals surface area (Å²) >= 11 is 1.31. The third kappa shape index (κ3) is 3.92. The minimum absolute atomic E-state index is 0.123. The predicted molar refractivity (Wildman–Crippen MR) is 86.4 cm³/mol. The van der Waals surface area contributed by atoms with E-state index in [2.05, 4.69) is 10.3 Å². The standard InChI is InChI=1S/C16H18N2O3S/c1-9-4-5-10(2)13(6-9)18-15(21)11(3)16-17-12(8-22-16)7-14(19)20/h4-6,8,11H,7H2,1-3H3,(H,18,21)(H,19,20)/t11-/m0/s1. The molecule has 1 amide bonds. The summed E-state index contributed by atoms with van der Waals surface area (Å²) in [7, 11) is 0. The lowest BCUT2D eigenvalue weighted by Gasteiger charge is -2.12. The Morgan fingerprint density at radius 3 is 2.77 bits per heavy atom. The van der Waals surface area contributed by atoms with E-state index in [9.17, 15) is 9.59 Å². The fourth-order valence-corrected chi connectivity index (χ4v) is 2.86. The molecule has 0 saturated carbocycles. The number of carboxylic acid groups (broad SMARTS) is 1. The van der Waals surface area contributed by atoms with Crippen LogP contribution in [-0.4, -0.2) is 22.0 Å². The van der Waals surface area contributed by atoms with E-state index in [1.165, 1.54) is 11.3 Å². The number of aryl methyl sites for hydroxylation is 2. The summed E-state index contributed by atoms with van der Waals surface area (Å²) in [5.74, 6) is -1.50. The van der Waals surface area contributed by atoms with Gasteiger partial charge < -0.3 is 10.4 Å². The number of aliphatic carboxylic acids is 1. The highest BCUT2D eigenvalue weighted by atomic mass is 32.1. The van der Waals surface area contributed by atoms with Gasteiger partial charge in [-0.2, -0.15) is 0 Å². The Morgan fingerprint density at radius 2 is 2.09 bits per heavy atom. The van der Waals surface area contributed by atoms with E-state index in [1.54, 1.807) is 12.3 Å². The molecule has 2 aromatic rings. The summed E-state index contributed by atoms with van der Waals surface area (Å²) in [6.07, 6.45) is -0.123. The number of amides is 1. The zero-order chi connectivity index (χ0) is 16.3. The van der Waals surface area contributed by atoms with Crippen LogP contribution >= 0.6 is 11.3 Å². The van der Waals surface area contributed by atoms with Gasteiger partial charge in [-0.3, -0.25) is 9.59 Å². The molecule has 1 heterocycles. The van der Waals surface area contributed by atoms with Crippen molar-refractivity contribution in [2.45, 2.75) is 33.1 Å². The highest BCUT2D eigenvalue weighted by molar-refractivity contribution is 7.09. The molecule has 22 heavy (non-hydrogen) atoms. The molecule has 2 N–H and O–H groups in total. The van der Waals surface area contributed by atoms with Gasteiger partial charge in [0.25, 0.3) is 0 Å². The molecule has 0 spiro atoms. The number of benzene rings is 1. The van der Waals surface area contributed by atoms with Crippen LogP contribution in [0.3, 0.4) is 0 Å². The molecule has 1 atom stereocenters. The van der Waals surface area contributed by atoms with Crippen LogP contribution in [0.2, 0.25) is 0 Å². The van der Waals surface area contributed by atoms with Gasteiger partial charge in [0.1, 0.15) is 5.01 Å². The third-order valence-corrected chi connectivity index (χ3v) is 4.39. The van der Waals surface area contributed by atoms with E-state index in [1.807, 2.05) is 32.0 Å². The summed E-state index contributed by atoms with van der Waals surface area (Å²) in [5.41, 5.74) is 3.35. The van der Waals surface area contributed by atoms with Crippen LogP contribution in [0.4, 0.5) is 5.69 Å². The molecule has 0 radical (unpaired) electrons. The second kappa shape index (κ2) is 6.70. The smallest absolute Gasteiger partial charge is 0.309 e. The van der Waals surface area contributed by atoms with Crippen LogP contribution in [0.1, 0.15) is 34.7 Å². The molecule has 0 aliphatic rings. The van der Waals surface area contributed by atoms with E-state index in [0.29, 0.717) is 10.7 Å². The number of thiazole rings is 1. The van der Waals surface area contributed by atoms with Crippen LogP contribution in [0.25, 0.3) is 0 Å². The summed E-state index contributed by atoms with van der Waals surface area (Å²) in [4.78, 5) is 27.3. The van der Waals surface area contributed by atoms with Crippen LogP contribution in [0.15, 0.2) is 23.6 Å². The zero-order valence-electron chi connectivity index (χ0n) is 12.7. The number of nitrogens with zero attached hydrogens (tertiary/aromatic N) is 1. The largest absolute Gasteiger partial charge is 0.481 e. The third-order valence-electron chi connectivity index (χ3n) is 3.32. The topological polar surface area (TPSA) is 79.3 Å². The minimum atomic E-state index is -0.927. The van der Waals surface area contributed by atoms with Gasteiger partial charge in [0, 0.05) is 11.1 Å². The maximum atomic E-state index is 12.3. The highest BCUT2D eigenvalue weighted by Crippen LogP contribution is 2.23.